The average Bonchev–Trinajstić information content (AvgIpc) is 2.70. The normalized spacial score (nSPS) is 11.9. The largest absolute Gasteiger partial charge is 0.493 e. The van der Waals surface area contributed by atoms with Gasteiger partial charge in [0.2, 0.25) is 0 Å². The molecule has 0 aliphatic rings. The zero-order valence-corrected chi connectivity index (χ0v) is 15.7. The van der Waals surface area contributed by atoms with Crippen LogP contribution >= 0.6 is 11.6 Å². The molecule has 0 heterocycles. The van der Waals surface area contributed by atoms with Gasteiger partial charge in [-0.25, -0.2) is 0 Å². The van der Waals surface area contributed by atoms with Gasteiger partial charge in [0.05, 0.1) is 39.7 Å². The Bertz CT molecular complexity index is 833. The number of methoxy groups -OCH3 is 4. The quantitative estimate of drug-likeness (QED) is 0.337. The van der Waals surface area contributed by atoms with E-state index in [1.165, 1.54) is 6.21 Å². The minimum Gasteiger partial charge on any atom is -0.493 e. The van der Waals surface area contributed by atoms with E-state index in [0.29, 0.717) is 44.7 Å². The molecule has 26 heavy (non-hydrogen) atoms. The third kappa shape index (κ3) is 4.03. The number of halogens is 1. The van der Waals surface area contributed by atoms with Gasteiger partial charge in [-0.15, -0.1) is 0 Å². The van der Waals surface area contributed by atoms with Crippen molar-refractivity contribution < 1.29 is 24.2 Å². The van der Waals surface area contributed by atoms with E-state index in [2.05, 4.69) is 5.16 Å². The first-order valence-electron chi connectivity index (χ1n) is 7.61. The van der Waals surface area contributed by atoms with Crippen LogP contribution in [0.25, 0.3) is 10.6 Å². The molecule has 2 rings (SSSR count). The molecule has 1 N–H and O–H groups in total. The number of oxime groups is 1. The van der Waals surface area contributed by atoms with Crippen LogP contribution in [0.4, 0.5) is 0 Å². The lowest BCUT2D eigenvalue weighted by molar-refractivity contribution is 0.322. The average molecular weight is 378 g/mol. The standard InChI is InChI=1S/C19H20ClNO5/c1-23-15-7-5-12(9-17(15)25-3)14(11-21-22)19(20)13-6-8-16(24-2)18(10-13)26-4/h5-11,22H,1-4H3/b19-14-,21-11-. The molecule has 0 aliphatic carbocycles. The lowest BCUT2D eigenvalue weighted by Gasteiger charge is -2.13. The van der Waals surface area contributed by atoms with Crippen LogP contribution in [0.2, 0.25) is 0 Å². The predicted octanol–water partition coefficient (Wildman–Crippen LogP) is 4.29. The summed E-state index contributed by atoms with van der Waals surface area (Å²) in [6.07, 6.45) is 1.26. The van der Waals surface area contributed by atoms with Crippen LogP contribution < -0.4 is 18.9 Å². The van der Waals surface area contributed by atoms with Crippen molar-refractivity contribution in [1.29, 1.82) is 0 Å². The van der Waals surface area contributed by atoms with Gasteiger partial charge in [0.25, 0.3) is 0 Å². The molecule has 138 valence electrons. The van der Waals surface area contributed by atoms with Crippen molar-refractivity contribution in [2.45, 2.75) is 0 Å². The summed E-state index contributed by atoms with van der Waals surface area (Å²) < 4.78 is 21.1. The van der Waals surface area contributed by atoms with Crippen LogP contribution in [0, 0.1) is 0 Å². The molecule has 0 aromatic heterocycles. The van der Waals surface area contributed by atoms with E-state index in [9.17, 15) is 0 Å². The molecule has 7 heteroatoms. The first-order chi connectivity index (χ1) is 12.6. The number of rotatable bonds is 7. The zero-order valence-electron chi connectivity index (χ0n) is 14.9. The van der Waals surface area contributed by atoms with Crippen LogP contribution in [0.1, 0.15) is 11.1 Å². The third-order valence-corrected chi connectivity index (χ3v) is 4.18. The van der Waals surface area contributed by atoms with Crippen molar-refractivity contribution in [1.82, 2.24) is 0 Å². The molecule has 0 unspecified atom stereocenters. The molecule has 0 radical (unpaired) electrons. The van der Waals surface area contributed by atoms with Gasteiger partial charge in [-0.3, -0.25) is 0 Å². The Labute approximate surface area is 157 Å². The van der Waals surface area contributed by atoms with Gasteiger partial charge in [0, 0.05) is 5.57 Å². The second-order valence-electron chi connectivity index (χ2n) is 5.11. The highest BCUT2D eigenvalue weighted by Gasteiger charge is 2.14. The maximum absolute atomic E-state index is 9.08. The summed E-state index contributed by atoms with van der Waals surface area (Å²) in [4.78, 5) is 0. The van der Waals surface area contributed by atoms with E-state index in [-0.39, 0.29) is 0 Å². The molecule has 0 saturated heterocycles. The second kappa shape index (κ2) is 9.01. The Morgan fingerprint density at radius 1 is 0.808 bits per heavy atom. The fourth-order valence-electron chi connectivity index (χ4n) is 2.45. The van der Waals surface area contributed by atoms with E-state index in [1.807, 2.05) is 0 Å². The molecule has 2 aromatic rings. The van der Waals surface area contributed by atoms with Gasteiger partial charge < -0.3 is 24.2 Å². The third-order valence-electron chi connectivity index (χ3n) is 3.75. The van der Waals surface area contributed by atoms with Crippen molar-refractivity contribution in [3.8, 4) is 23.0 Å². The van der Waals surface area contributed by atoms with Crippen LogP contribution in [0.5, 0.6) is 23.0 Å². The highest BCUT2D eigenvalue weighted by atomic mass is 35.5. The predicted molar refractivity (Wildman–Crippen MR) is 102 cm³/mol. The topological polar surface area (TPSA) is 69.5 Å². The highest BCUT2D eigenvalue weighted by Crippen LogP contribution is 2.37. The molecule has 6 nitrogen and oxygen atoms in total. The number of hydrogen-bond acceptors (Lipinski definition) is 6. The lowest BCUT2D eigenvalue weighted by Crippen LogP contribution is -1.96. The number of benzene rings is 2. The maximum atomic E-state index is 9.08. The summed E-state index contributed by atoms with van der Waals surface area (Å²) in [5.41, 5.74) is 1.87. The van der Waals surface area contributed by atoms with Crippen molar-refractivity contribution in [2.75, 3.05) is 28.4 Å². The van der Waals surface area contributed by atoms with E-state index < -0.39 is 0 Å². The Kier molecular flexibility index (Phi) is 6.74. The number of ether oxygens (including phenoxy) is 4. The minimum atomic E-state index is 0.371. The van der Waals surface area contributed by atoms with Gasteiger partial charge in [-0.1, -0.05) is 22.8 Å². The summed E-state index contributed by atoms with van der Waals surface area (Å²) in [5, 5.41) is 12.6. The van der Waals surface area contributed by atoms with Crippen molar-refractivity contribution >= 4 is 28.4 Å². The number of allylic oxidation sites excluding steroid dienone is 1. The van der Waals surface area contributed by atoms with Gasteiger partial charge >= 0.3 is 0 Å². The summed E-state index contributed by atoms with van der Waals surface area (Å²) >= 11 is 6.59. The van der Waals surface area contributed by atoms with Gasteiger partial charge in [-0.2, -0.15) is 0 Å². The molecular weight excluding hydrogens is 358 g/mol. The van der Waals surface area contributed by atoms with Crippen LogP contribution in [-0.2, 0) is 0 Å². The smallest absolute Gasteiger partial charge is 0.161 e. The first kappa shape index (κ1) is 19.5. The monoisotopic (exact) mass is 377 g/mol. The number of nitrogens with zero attached hydrogens (tertiary/aromatic N) is 1. The van der Waals surface area contributed by atoms with Crippen molar-refractivity contribution in [3.05, 3.63) is 47.5 Å². The molecule has 0 amide bonds. The Morgan fingerprint density at radius 2 is 1.27 bits per heavy atom. The van der Waals surface area contributed by atoms with Crippen molar-refractivity contribution in [2.24, 2.45) is 5.16 Å². The maximum Gasteiger partial charge on any atom is 0.161 e. The Balaban J connectivity index is 2.61. The fourth-order valence-corrected chi connectivity index (χ4v) is 2.72. The van der Waals surface area contributed by atoms with E-state index in [1.54, 1.807) is 64.8 Å². The molecular formula is C19H20ClNO5. The molecule has 0 aliphatic heterocycles. The summed E-state index contributed by atoms with van der Waals surface area (Å²) in [5.74, 6) is 2.24. The lowest BCUT2D eigenvalue weighted by atomic mass is 10.0. The Hall–Kier alpha value is -2.86. The van der Waals surface area contributed by atoms with E-state index in [4.69, 9.17) is 35.8 Å². The molecule has 0 atom stereocenters. The van der Waals surface area contributed by atoms with Crippen LogP contribution in [0.3, 0.4) is 0 Å². The molecule has 0 fully saturated rings. The second-order valence-corrected chi connectivity index (χ2v) is 5.49. The fraction of sp³-hybridized carbons (Fsp3) is 0.211. The van der Waals surface area contributed by atoms with E-state index in [0.717, 1.165) is 0 Å². The summed E-state index contributed by atoms with van der Waals surface area (Å²) in [6.45, 7) is 0. The first-order valence-corrected chi connectivity index (χ1v) is 7.99. The molecule has 0 bridgehead atoms. The van der Waals surface area contributed by atoms with E-state index >= 15 is 0 Å². The minimum absolute atomic E-state index is 0.371. The highest BCUT2D eigenvalue weighted by molar-refractivity contribution is 6.56. The van der Waals surface area contributed by atoms with Gasteiger partial charge in [-0.05, 0) is 41.5 Å². The van der Waals surface area contributed by atoms with Gasteiger partial charge in [0.1, 0.15) is 0 Å². The molecule has 0 spiro atoms. The zero-order chi connectivity index (χ0) is 19.1. The number of hydrogen-bond donors (Lipinski definition) is 1. The summed E-state index contributed by atoms with van der Waals surface area (Å²) in [6, 6.07) is 10.6. The molecule has 0 saturated carbocycles. The molecule has 2 aromatic carbocycles. The van der Waals surface area contributed by atoms with Crippen molar-refractivity contribution in [3.63, 3.8) is 0 Å². The van der Waals surface area contributed by atoms with Crippen LogP contribution in [0.15, 0.2) is 41.6 Å². The Morgan fingerprint density at radius 3 is 1.73 bits per heavy atom. The van der Waals surface area contributed by atoms with Crippen LogP contribution in [-0.4, -0.2) is 39.9 Å². The SMILES string of the molecule is COc1ccc(/C(Cl)=C(\C=N/O)c2ccc(OC)c(OC)c2)cc1OC. The summed E-state index contributed by atoms with van der Waals surface area (Å²) in [7, 11) is 6.20. The van der Waals surface area contributed by atoms with Gasteiger partial charge in [0.15, 0.2) is 23.0 Å².